The van der Waals surface area contributed by atoms with Gasteiger partial charge in [0.15, 0.2) is 0 Å². The zero-order chi connectivity index (χ0) is 7.71. The lowest BCUT2D eigenvalue weighted by atomic mass is 9.69. The molecule has 0 amide bonds. The molecule has 0 unspecified atom stereocenters. The van der Waals surface area contributed by atoms with Crippen molar-refractivity contribution >= 4 is 12.4 Å². The van der Waals surface area contributed by atoms with Gasteiger partial charge in [-0.15, -0.1) is 12.4 Å². The summed E-state index contributed by atoms with van der Waals surface area (Å²) in [4.78, 5) is 0. The molecule has 0 rings (SSSR count). The van der Waals surface area contributed by atoms with Gasteiger partial charge in [0.05, 0.1) is 0 Å². The minimum Gasteiger partial charge on any atom is -0.330 e. The Morgan fingerprint density at radius 1 is 1.00 bits per heavy atom. The van der Waals surface area contributed by atoms with Crippen molar-refractivity contribution in [1.29, 1.82) is 0 Å². The highest BCUT2D eigenvalue weighted by molar-refractivity contribution is 5.85. The van der Waals surface area contributed by atoms with Gasteiger partial charge < -0.3 is 5.73 Å². The third kappa shape index (κ3) is 2.89. The summed E-state index contributed by atoms with van der Waals surface area (Å²) >= 11 is 0. The molecule has 0 saturated heterocycles. The molecule has 2 N–H and O–H groups in total. The summed E-state index contributed by atoms with van der Waals surface area (Å²) in [6, 6.07) is 0. The van der Waals surface area contributed by atoms with Crippen molar-refractivity contribution in [2.75, 3.05) is 6.54 Å². The van der Waals surface area contributed by atoms with Crippen LogP contribution in [0.3, 0.4) is 0 Å². The van der Waals surface area contributed by atoms with Crippen LogP contribution >= 0.6 is 12.4 Å². The van der Waals surface area contributed by atoms with E-state index >= 15 is 0 Å². The van der Waals surface area contributed by atoms with Crippen LogP contribution in [0, 0.1) is 10.8 Å². The van der Waals surface area contributed by atoms with Gasteiger partial charge in [0.1, 0.15) is 0 Å². The Morgan fingerprint density at radius 3 is 1.30 bits per heavy atom. The summed E-state index contributed by atoms with van der Waals surface area (Å²) in [7, 11) is 0. The fraction of sp³-hybridized carbons (Fsp3) is 1.00. The third-order valence-corrected chi connectivity index (χ3v) is 2.54. The van der Waals surface area contributed by atoms with E-state index in [0.717, 1.165) is 6.54 Å². The highest BCUT2D eigenvalue weighted by atomic mass is 35.5. The standard InChI is InChI=1S/C8H19N.ClH/c1-7(2,3)8(4,5)6-9;/h6,9H2,1-5H3;1H. The molecule has 0 aromatic heterocycles. The minimum atomic E-state index is 0. The Kier molecular flexibility index (Phi) is 4.62. The van der Waals surface area contributed by atoms with E-state index in [1.165, 1.54) is 0 Å². The summed E-state index contributed by atoms with van der Waals surface area (Å²) in [6.45, 7) is 11.8. The van der Waals surface area contributed by atoms with E-state index in [2.05, 4.69) is 34.6 Å². The SMILES string of the molecule is CC(C)(C)C(C)(C)CN.Cl. The summed E-state index contributed by atoms with van der Waals surface area (Å²) in [6.07, 6.45) is 0. The van der Waals surface area contributed by atoms with Crippen LogP contribution in [0.25, 0.3) is 0 Å². The fourth-order valence-corrected chi connectivity index (χ4v) is 0.306. The first-order valence-electron chi connectivity index (χ1n) is 3.51. The lowest BCUT2D eigenvalue weighted by Gasteiger charge is -2.37. The maximum atomic E-state index is 5.59. The molecular weight excluding hydrogens is 146 g/mol. The average molecular weight is 166 g/mol. The molecule has 0 spiro atoms. The van der Waals surface area contributed by atoms with Crippen LogP contribution in [0.1, 0.15) is 34.6 Å². The summed E-state index contributed by atoms with van der Waals surface area (Å²) in [5.74, 6) is 0. The van der Waals surface area contributed by atoms with E-state index in [4.69, 9.17) is 5.73 Å². The van der Waals surface area contributed by atoms with Crippen molar-refractivity contribution in [3.05, 3.63) is 0 Å². The molecule has 0 heterocycles. The Balaban J connectivity index is 0. The molecule has 2 heteroatoms. The topological polar surface area (TPSA) is 26.0 Å². The Morgan fingerprint density at radius 2 is 1.30 bits per heavy atom. The first-order chi connectivity index (χ1) is 3.81. The molecule has 0 aliphatic carbocycles. The zero-order valence-corrected chi connectivity index (χ0v) is 8.51. The van der Waals surface area contributed by atoms with Gasteiger partial charge in [0.2, 0.25) is 0 Å². The molecule has 0 aliphatic rings. The molecule has 1 nitrogen and oxygen atoms in total. The normalized spacial score (nSPS) is 12.6. The maximum Gasteiger partial charge on any atom is -0.00208 e. The zero-order valence-electron chi connectivity index (χ0n) is 7.69. The number of hydrogen-bond donors (Lipinski definition) is 1. The quantitative estimate of drug-likeness (QED) is 0.635. The molecule has 0 atom stereocenters. The van der Waals surface area contributed by atoms with Gasteiger partial charge in [0.25, 0.3) is 0 Å². The van der Waals surface area contributed by atoms with Crippen LogP contribution in [-0.2, 0) is 0 Å². The molecule has 0 aromatic rings. The van der Waals surface area contributed by atoms with Crippen LogP contribution in [0.15, 0.2) is 0 Å². The number of halogens is 1. The maximum absolute atomic E-state index is 5.59. The first kappa shape index (κ1) is 12.9. The first-order valence-corrected chi connectivity index (χ1v) is 3.51. The van der Waals surface area contributed by atoms with Crippen molar-refractivity contribution in [2.24, 2.45) is 16.6 Å². The van der Waals surface area contributed by atoms with E-state index in [1.807, 2.05) is 0 Å². The summed E-state index contributed by atoms with van der Waals surface area (Å²) < 4.78 is 0. The van der Waals surface area contributed by atoms with Crippen LogP contribution in [0.2, 0.25) is 0 Å². The number of hydrogen-bond acceptors (Lipinski definition) is 1. The van der Waals surface area contributed by atoms with Crippen LogP contribution in [-0.4, -0.2) is 6.54 Å². The summed E-state index contributed by atoms with van der Waals surface area (Å²) in [5.41, 5.74) is 6.17. The van der Waals surface area contributed by atoms with Crippen LogP contribution in [0.4, 0.5) is 0 Å². The van der Waals surface area contributed by atoms with Crippen LogP contribution < -0.4 is 5.73 Å². The molecule has 64 valence electrons. The largest absolute Gasteiger partial charge is 0.330 e. The predicted octanol–water partition coefficient (Wildman–Crippen LogP) is 2.44. The highest BCUT2D eigenvalue weighted by Gasteiger charge is 2.30. The molecule has 0 radical (unpaired) electrons. The van der Waals surface area contributed by atoms with Crippen molar-refractivity contribution in [3.8, 4) is 0 Å². The van der Waals surface area contributed by atoms with Crippen LogP contribution in [0.5, 0.6) is 0 Å². The van der Waals surface area contributed by atoms with Gasteiger partial charge in [-0.1, -0.05) is 34.6 Å². The highest BCUT2D eigenvalue weighted by Crippen LogP contribution is 2.36. The van der Waals surface area contributed by atoms with Gasteiger partial charge in [-0.05, 0) is 17.4 Å². The second-order valence-corrected chi connectivity index (χ2v) is 4.34. The van der Waals surface area contributed by atoms with Gasteiger partial charge in [0, 0.05) is 0 Å². The van der Waals surface area contributed by atoms with E-state index < -0.39 is 0 Å². The molecule has 0 saturated carbocycles. The average Bonchev–Trinajstić information content (AvgIpc) is 1.64. The molecule has 0 fully saturated rings. The Bertz CT molecular complexity index is 91.9. The minimum absolute atomic E-state index is 0. The second-order valence-electron chi connectivity index (χ2n) is 4.34. The predicted molar refractivity (Wildman–Crippen MR) is 49.5 cm³/mol. The number of rotatable bonds is 1. The van der Waals surface area contributed by atoms with Crippen molar-refractivity contribution in [1.82, 2.24) is 0 Å². The van der Waals surface area contributed by atoms with Gasteiger partial charge in [-0.3, -0.25) is 0 Å². The molecule has 0 bridgehead atoms. The molecule has 0 aromatic carbocycles. The van der Waals surface area contributed by atoms with Crippen molar-refractivity contribution in [2.45, 2.75) is 34.6 Å². The molecular formula is C8H20ClN. The number of nitrogens with two attached hydrogens (primary N) is 1. The third-order valence-electron chi connectivity index (χ3n) is 2.54. The smallest absolute Gasteiger partial charge is 0.00208 e. The van der Waals surface area contributed by atoms with E-state index in [0.29, 0.717) is 5.41 Å². The van der Waals surface area contributed by atoms with Crippen molar-refractivity contribution < 1.29 is 0 Å². The molecule has 0 aliphatic heterocycles. The second kappa shape index (κ2) is 3.59. The van der Waals surface area contributed by atoms with E-state index in [9.17, 15) is 0 Å². The summed E-state index contributed by atoms with van der Waals surface area (Å²) in [5, 5.41) is 0. The lowest BCUT2D eigenvalue weighted by Crippen LogP contribution is -2.36. The lowest BCUT2D eigenvalue weighted by molar-refractivity contribution is 0.142. The van der Waals surface area contributed by atoms with Gasteiger partial charge in [-0.25, -0.2) is 0 Å². The van der Waals surface area contributed by atoms with E-state index in [1.54, 1.807) is 0 Å². The van der Waals surface area contributed by atoms with Gasteiger partial charge in [-0.2, -0.15) is 0 Å². The Hall–Kier alpha value is 0.250. The van der Waals surface area contributed by atoms with E-state index in [-0.39, 0.29) is 17.8 Å². The van der Waals surface area contributed by atoms with Gasteiger partial charge >= 0.3 is 0 Å². The monoisotopic (exact) mass is 165 g/mol. The Labute approximate surface area is 70.8 Å². The molecule has 10 heavy (non-hydrogen) atoms. The van der Waals surface area contributed by atoms with Crippen molar-refractivity contribution in [3.63, 3.8) is 0 Å². The fourth-order valence-electron chi connectivity index (χ4n) is 0.306.